The lowest BCUT2D eigenvalue weighted by molar-refractivity contribution is -0.112. The molecule has 94 valence electrons. The topological polar surface area (TPSA) is 96.4 Å². The summed E-state index contributed by atoms with van der Waals surface area (Å²) in [5.74, 6) is -2.48. The Morgan fingerprint density at radius 3 is 2.68 bits per heavy atom. The molecule has 1 aromatic heterocycles. The molecule has 0 spiro atoms. The van der Waals surface area contributed by atoms with E-state index in [1.807, 2.05) is 0 Å². The molecule has 2 N–H and O–H groups in total. The van der Waals surface area contributed by atoms with Crippen LogP contribution in [0.3, 0.4) is 0 Å². The van der Waals surface area contributed by atoms with Crippen LogP contribution in [0.25, 0.3) is 10.8 Å². The van der Waals surface area contributed by atoms with E-state index in [2.05, 4.69) is 10.3 Å². The number of halogens is 1. The van der Waals surface area contributed by atoms with Crippen LogP contribution in [0.15, 0.2) is 18.2 Å². The largest absolute Gasteiger partial charge is 0.478 e. The van der Waals surface area contributed by atoms with Crippen molar-refractivity contribution in [2.45, 2.75) is 0 Å². The number of rotatable bonds is 1. The molecular formula is C12H5ClN2O4. The second-order valence-electron chi connectivity index (χ2n) is 3.97. The Hall–Kier alpha value is -2.47. The number of pyridine rings is 1. The SMILES string of the molecule is O=C1Nc2nc(Cl)c3cc(C(=O)O)ccc3c2C1=O. The third kappa shape index (κ3) is 1.57. The normalized spacial score (nSPS) is 13.5. The first-order valence-electron chi connectivity index (χ1n) is 5.21. The van der Waals surface area contributed by atoms with Crippen molar-refractivity contribution in [1.29, 1.82) is 0 Å². The molecule has 1 amide bonds. The second kappa shape index (κ2) is 3.76. The Bertz CT molecular complexity index is 785. The first-order valence-corrected chi connectivity index (χ1v) is 5.59. The summed E-state index contributed by atoms with van der Waals surface area (Å²) in [6.07, 6.45) is 0. The summed E-state index contributed by atoms with van der Waals surface area (Å²) in [7, 11) is 0. The van der Waals surface area contributed by atoms with Crippen LogP contribution in [-0.2, 0) is 4.79 Å². The van der Waals surface area contributed by atoms with Gasteiger partial charge in [0.15, 0.2) is 0 Å². The third-order valence-electron chi connectivity index (χ3n) is 2.87. The number of hydrogen-bond donors (Lipinski definition) is 2. The van der Waals surface area contributed by atoms with Gasteiger partial charge in [0.2, 0.25) is 0 Å². The van der Waals surface area contributed by atoms with E-state index >= 15 is 0 Å². The van der Waals surface area contributed by atoms with Gasteiger partial charge in [-0.25, -0.2) is 9.78 Å². The molecule has 2 aromatic rings. The number of aromatic nitrogens is 1. The van der Waals surface area contributed by atoms with E-state index in [0.717, 1.165) is 0 Å². The Labute approximate surface area is 111 Å². The van der Waals surface area contributed by atoms with Crippen LogP contribution in [0.5, 0.6) is 0 Å². The Morgan fingerprint density at radius 2 is 2.00 bits per heavy atom. The van der Waals surface area contributed by atoms with Gasteiger partial charge in [-0.05, 0) is 17.5 Å². The number of benzene rings is 1. The average molecular weight is 277 g/mol. The number of anilines is 1. The van der Waals surface area contributed by atoms with E-state index in [4.69, 9.17) is 16.7 Å². The maximum absolute atomic E-state index is 11.7. The maximum Gasteiger partial charge on any atom is 0.335 e. The fourth-order valence-electron chi connectivity index (χ4n) is 2.01. The quantitative estimate of drug-likeness (QED) is 0.611. The highest BCUT2D eigenvalue weighted by molar-refractivity contribution is 6.54. The minimum atomic E-state index is -1.11. The molecule has 0 saturated heterocycles. The molecule has 1 aliphatic heterocycles. The number of carbonyl (C=O) groups is 3. The highest BCUT2D eigenvalue weighted by atomic mass is 35.5. The Morgan fingerprint density at radius 1 is 1.26 bits per heavy atom. The highest BCUT2D eigenvalue weighted by Crippen LogP contribution is 2.33. The van der Waals surface area contributed by atoms with E-state index < -0.39 is 17.7 Å². The molecule has 6 nitrogen and oxygen atoms in total. The molecule has 0 fully saturated rings. The fraction of sp³-hybridized carbons (Fsp3) is 0. The van der Waals surface area contributed by atoms with Crippen LogP contribution in [-0.4, -0.2) is 27.8 Å². The second-order valence-corrected chi connectivity index (χ2v) is 4.33. The summed E-state index contributed by atoms with van der Waals surface area (Å²) < 4.78 is 0. The predicted molar refractivity (Wildman–Crippen MR) is 66.7 cm³/mol. The summed E-state index contributed by atoms with van der Waals surface area (Å²) in [5.41, 5.74) is 0.155. The standard InChI is InChI=1S/C12H5ClN2O4/c13-9-6-3-4(12(18)19)1-2-5(6)7-8(16)11(17)15-10(7)14-9/h1-3H,(H,18,19)(H,14,15,16,17). The van der Waals surface area contributed by atoms with Crippen LogP contribution < -0.4 is 5.32 Å². The summed E-state index contributed by atoms with van der Waals surface area (Å²) in [6.45, 7) is 0. The minimum absolute atomic E-state index is 0.0286. The molecule has 0 aliphatic carbocycles. The third-order valence-corrected chi connectivity index (χ3v) is 3.16. The molecular weight excluding hydrogens is 272 g/mol. The van der Waals surface area contributed by atoms with Crippen molar-refractivity contribution < 1.29 is 19.5 Å². The molecule has 3 rings (SSSR count). The smallest absolute Gasteiger partial charge is 0.335 e. The maximum atomic E-state index is 11.7. The molecule has 0 radical (unpaired) electrons. The van der Waals surface area contributed by atoms with Crippen molar-refractivity contribution in [3.8, 4) is 0 Å². The van der Waals surface area contributed by atoms with Crippen molar-refractivity contribution in [2.75, 3.05) is 5.32 Å². The van der Waals surface area contributed by atoms with E-state index in [1.54, 1.807) is 0 Å². The van der Waals surface area contributed by atoms with E-state index in [-0.39, 0.29) is 22.1 Å². The number of Topliss-reactive ketones (excluding diaryl/α,β-unsaturated/α-hetero) is 1. The first kappa shape index (κ1) is 11.6. The zero-order valence-corrected chi connectivity index (χ0v) is 9.99. The highest BCUT2D eigenvalue weighted by Gasteiger charge is 2.32. The zero-order chi connectivity index (χ0) is 13.7. The predicted octanol–water partition coefficient (Wildman–Crippen LogP) is 1.72. The fourth-order valence-corrected chi connectivity index (χ4v) is 2.25. The Balaban J connectivity index is 2.39. The minimum Gasteiger partial charge on any atom is -0.478 e. The summed E-state index contributed by atoms with van der Waals surface area (Å²) in [5, 5.41) is 12.0. The van der Waals surface area contributed by atoms with Crippen LogP contribution in [0.2, 0.25) is 5.15 Å². The average Bonchev–Trinajstić information content (AvgIpc) is 2.64. The number of carboxylic acids is 1. The van der Waals surface area contributed by atoms with Gasteiger partial charge in [-0.3, -0.25) is 9.59 Å². The van der Waals surface area contributed by atoms with Crippen LogP contribution in [0.4, 0.5) is 5.82 Å². The van der Waals surface area contributed by atoms with E-state index in [0.29, 0.717) is 10.8 Å². The number of fused-ring (bicyclic) bond motifs is 3. The molecule has 7 heteroatoms. The first-order chi connectivity index (χ1) is 8.99. The van der Waals surface area contributed by atoms with Gasteiger partial charge in [0.05, 0.1) is 11.1 Å². The van der Waals surface area contributed by atoms with Gasteiger partial charge in [-0.15, -0.1) is 0 Å². The van der Waals surface area contributed by atoms with Gasteiger partial charge >= 0.3 is 5.97 Å². The van der Waals surface area contributed by atoms with Crippen LogP contribution >= 0.6 is 11.6 Å². The van der Waals surface area contributed by atoms with Crippen LogP contribution in [0, 0.1) is 0 Å². The van der Waals surface area contributed by atoms with E-state index in [9.17, 15) is 14.4 Å². The number of carbonyl (C=O) groups excluding carboxylic acids is 2. The van der Waals surface area contributed by atoms with Crippen molar-refractivity contribution in [1.82, 2.24) is 4.98 Å². The monoisotopic (exact) mass is 276 g/mol. The van der Waals surface area contributed by atoms with Gasteiger partial charge in [-0.2, -0.15) is 0 Å². The Kier molecular flexibility index (Phi) is 2.30. The number of hydrogen-bond acceptors (Lipinski definition) is 4. The number of aromatic carboxylic acids is 1. The number of amides is 1. The van der Waals surface area contributed by atoms with Crippen LogP contribution in [0.1, 0.15) is 20.7 Å². The van der Waals surface area contributed by atoms with Gasteiger partial charge in [0.25, 0.3) is 11.7 Å². The molecule has 0 bridgehead atoms. The van der Waals surface area contributed by atoms with Crippen molar-refractivity contribution in [3.63, 3.8) is 0 Å². The number of nitrogens with one attached hydrogen (secondary N) is 1. The summed E-state index contributed by atoms with van der Waals surface area (Å²) >= 11 is 5.95. The van der Waals surface area contributed by atoms with Gasteiger partial charge in [0, 0.05) is 5.39 Å². The number of nitrogens with zero attached hydrogens (tertiary/aromatic N) is 1. The van der Waals surface area contributed by atoms with Gasteiger partial charge in [-0.1, -0.05) is 17.7 Å². The van der Waals surface area contributed by atoms with Crippen molar-refractivity contribution >= 4 is 45.9 Å². The van der Waals surface area contributed by atoms with Crippen molar-refractivity contribution in [3.05, 3.63) is 34.5 Å². The summed E-state index contributed by atoms with van der Waals surface area (Å²) in [4.78, 5) is 37.9. The van der Waals surface area contributed by atoms with Gasteiger partial charge in [0.1, 0.15) is 11.0 Å². The number of ketones is 1. The van der Waals surface area contributed by atoms with E-state index in [1.165, 1.54) is 18.2 Å². The van der Waals surface area contributed by atoms with Crippen molar-refractivity contribution in [2.24, 2.45) is 0 Å². The molecule has 19 heavy (non-hydrogen) atoms. The molecule has 1 aliphatic rings. The lowest BCUT2D eigenvalue weighted by Gasteiger charge is -2.05. The molecule has 0 unspecified atom stereocenters. The lowest BCUT2D eigenvalue weighted by Crippen LogP contribution is -2.12. The molecule has 0 saturated carbocycles. The van der Waals surface area contributed by atoms with Gasteiger partial charge < -0.3 is 10.4 Å². The lowest BCUT2D eigenvalue weighted by atomic mass is 10.0. The number of carboxylic acid groups (broad SMARTS) is 1. The summed E-state index contributed by atoms with van der Waals surface area (Å²) in [6, 6.07) is 4.12. The zero-order valence-electron chi connectivity index (χ0n) is 9.23. The molecule has 2 heterocycles. The molecule has 0 atom stereocenters. The molecule has 1 aromatic carbocycles.